The lowest BCUT2D eigenvalue weighted by Gasteiger charge is -2.20. The molecule has 0 saturated carbocycles. The zero-order chi connectivity index (χ0) is 11.7. The number of rotatable bonds is 3. The second-order valence-electron chi connectivity index (χ2n) is 4.49. The average Bonchev–Trinajstić information content (AvgIpc) is 2.95. The van der Waals surface area contributed by atoms with Crippen LogP contribution in [0.5, 0.6) is 0 Å². The first-order valence-corrected chi connectivity index (χ1v) is 6.03. The first-order chi connectivity index (χ1) is 8.34. The van der Waals surface area contributed by atoms with E-state index in [2.05, 4.69) is 27.0 Å². The number of aryl methyl sites for hydroxylation is 2. The maximum absolute atomic E-state index is 6.10. The molecule has 5 heteroatoms. The Balaban J connectivity index is 1.75. The third-order valence-electron chi connectivity index (χ3n) is 3.42. The smallest absolute Gasteiger partial charge is 0.228 e. The van der Waals surface area contributed by atoms with Gasteiger partial charge in [-0.3, -0.25) is 0 Å². The summed E-state index contributed by atoms with van der Waals surface area (Å²) in [4.78, 5) is 4.03. The Morgan fingerprint density at radius 3 is 3.29 bits per heavy atom. The quantitative estimate of drug-likeness (QED) is 0.869. The van der Waals surface area contributed by atoms with Gasteiger partial charge >= 0.3 is 0 Å². The molecular formula is C12H16N4O. The highest BCUT2D eigenvalue weighted by Crippen LogP contribution is 2.28. The summed E-state index contributed by atoms with van der Waals surface area (Å²) in [5.74, 6) is 0.688. The maximum atomic E-state index is 6.10. The fraction of sp³-hybridized carbons (Fsp3) is 0.500. The average molecular weight is 232 g/mol. The molecule has 0 amide bonds. The minimum atomic E-state index is 0.211. The molecule has 1 aliphatic rings. The number of fused-ring (bicyclic) bond motifs is 1. The van der Waals surface area contributed by atoms with Crippen LogP contribution in [0.2, 0.25) is 0 Å². The largest absolute Gasteiger partial charge is 0.351 e. The van der Waals surface area contributed by atoms with Crippen molar-refractivity contribution in [1.29, 1.82) is 0 Å². The summed E-state index contributed by atoms with van der Waals surface area (Å²) in [5.41, 5.74) is 8.78. The van der Waals surface area contributed by atoms with Crippen LogP contribution in [0.15, 0.2) is 23.1 Å². The molecule has 0 spiro atoms. The molecule has 2 heterocycles. The summed E-state index contributed by atoms with van der Waals surface area (Å²) in [6.45, 7) is 0.879. The van der Waals surface area contributed by atoms with Gasteiger partial charge in [-0.25, -0.2) is 0 Å². The molecule has 0 radical (unpaired) electrons. The van der Waals surface area contributed by atoms with Crippen LogP contribution in [0.3, 0.4) is 0 Å². The predicted molar refractivity (Wildman–Crippen MR) is 62.3 cm³/mol. The van der Waals surface area contributed by atoms with Crippen molar-refractivity contribution in [3.05, 3.63) is 35.7 Å². The maximum Gasteiger partial charge on any atom is 0.228 e. The molecule has 1 atom stereocenters. The summed E-state index contributed by atoms with van der Waals surface area (Å²) in [5, 5.41) is 3.61. The lowest BCUT2D eigenvalue weighted by molar-refractivity contribution is 0.369. The molecule has 3 rings (SSSR count). The Kier molecular flexibility index (Phi) is 2.68. The van der Waals surface area contributed by atoms with E-state index >= 15 is 0 Å². The van der Waals surface area contributed by atoms with Gasteiger partial charge in [0.1, 0.15) is 0 Å². The van der Waals surface area contributed by atoms with Crippen molar-refractivity contribution in [1.82, 2.24) is 14.7 Å². The molecular weight excluding hydrogens is 216 g/mol. The van der Waals surface area contributed by atoms with Gasteiger partial charge in [0.15, 0.2) is 6.33 Å². The highest BCUT2D eigenvalue weighted by molar-refractivity contribution is 5.28. The summed E-state index contributed by atoms with van der Waals surface area (Å²) < 4.78 is 7.26. The van der Waals surface area contributed by atoms with E-state index in [4.69, 9.17) is 10.3 Å². The van der Waals surface area contributed by atoms with Gasteiger partial charge in [0, 0.05) is 30.9 Å². The summed E-state index contributed by atoms with van der Waals surface area (Å²) in [7, 11) is 0. The van der Waals surface area contributed by atoms with Crippen LogP contribution in [0, 0.1) is 0 Å². The van der Waals surface area contributed by atoms with E-state index < -0.39 is 0 Å². The highest BCUT2D eigenvalue weighted by atomic mass is 16.5. The number of nitrogens with two attached hydrogens (primary N) is 1. The number of hydrogen-bond donors (Lipinski definition) is 1. The Labute approximate surface area is 99.6 Å². The standard InChI is InChI=1S/C12H16N4O/c13-10-2-1-3-11-9(10)4-6-16(11)7-5-12-14-8-15-17-12/h4,6,8,10H,1-3,5,7,13H2. The van der Waals surface area contributed by atoms with Crippen molar-refractivity contribution < 1.29 is 4.52 Å². The van der Waals surface area contributed by atoms with Crippen LogP contribution in [0.25, 0.3) is 0 Å². The third-order valence-corrected chi connectivity index (χ3v) is 3.42. The van der Waals surface area contributed by atoms with Crippen LogP contribution >= 0.6 is 0 Å². The van der Waals surface area contributed by atoms with Gasteiger partial charge in [-0.1, -0.05) is 5.16 Å². The molecule has 2 aromatic rings. The monoisotopic (exact) mass is 232 g/mol. The molecule has 0 bridgehead atoms. The van der Waals surface area contributed by atoms with E-state index in [1.165, 1.54) is 24.0 Å². The van der Waals surface area contributed by atoms with Gasteiger partial charge in [-0.2, -0.15) is 4.98 Å². The zero-order valence-electron chi connectivity index (χ0n) is 9.67. The Hall–Kier alpha value is -1.62. The van der Waals surface area contributed by atoms with Crippen LogP contribution in [-0.2, 0) is 19.4 Å². The van der Waals surface area contributed by atoms with E-state index in [0.717, 1.165) is 25.8 Å². The van der Waals surface area contributed by atoms with E-state index in [0.29, 0.717) is 5.89 Å². The molecule has 2 N–H and O–H groups in total. The van der Waals surface area contributed by atoms with Crippen LogP contribution in [0.4, 0.5) is 0 Å². The highest BCUT2D eigenvalue weighted by Gasteiger charge is 2.19. The van der Waals surface area contributed by atoms with Gasteiger partial charge in [0.2, 0.25) is 5.89 Å². The van der Waals surface area contributed by atoms with Crippen LogP contribution in [0.1, 0.15) is 36.0 Å². The van der Waals surface area contributed by atoms with Gasteiger partial charge in [-0.15, -0.1) is 0 Å². The molecule has 0 aromatic carbocycles. The molecule has 1 unspecified atom stereocenters. The number of nitrogens with zero attached hydrogens (tertiary/aromatic N) is 3. The summed E-state index contributed by atoms with van der Waals surface area (Å²) >= 11 is 0. The molecule has 0 saturated heterocycles. The van der Waals surface area contributed by atoms with Gasteiger partial charge in [0.05, 0.1) is 0 Å². The predicted octanol–water partition coefficient (Wildman–Crippen LogP) is 1.45. The molecule has 90 valence electrons. The van der Waals surface area contributed by atoms with Gasteiger partial charge < -0.3 is 14.8 Å². The van der Waals surface area contributed by atoms with E-state index in [9.17, 15) is 0 Å². The van der Waals surface area contributed by atoms with Crippen molar-refractivity contribution in [2.45, 2.75) is 38.3 Å². The van der Waals surface area contributed by atoms with Gasteiger partial charge in [0.25, 0.3) is 0 Å². The zero-order valence-corrected chi connectivity index (χ0v) is 9.67. The molecule has 2 aromatic heterocycles. The van der Waals surface area contributed by atoms with Gasteiger partial charge in [-0.05, 0) is 30.9 Å². The number of hydrogen-bond acceptors (Lipinski definition) is 4. The lowest BCUT2D eigenvalue weighted by atomic mass is 9.94. The summed E-state index contributed by atoms with van der Waals surface area (Å²) in [6, 6.07) is 2.36. The van der Waals surface area contributed by atoms with Crippen molar-refractivity contribution in [2.75, 3.05) is 0 Å². The van der Waals surface area contributed by atoms with Crippen molar-refractivity contribution in [3.63, 3.8) is 0 Å². The number of aromatic nitrogens is 3. The minimum Gasteiger partial charge on any atom is -0.351 e. The molecule has 17 heavy (non-hydrogen) atoms. The van der Waals surface area contributed by atoms with Crippen molar-refractivity contribution in [3.8, 4) is 0 Å². The topological polar surface area (TPSA) is 69.9 Å². The first kappa shape index (κ1) is 10.5. The second-order valence-corrected chi connectivity index (χ2v) is 4.49. The fourth-order valence-electron chi connectivity index (χ4n) is 2.52. The Morgan fingerprint density at radius 1 is 1.53 bits per heavy atom. The molecule has 0 aliphatic heterocycles. The van der Waals surface area contributed by atoms with E-state index in [1.54, 1.807) is 0 Å². The van der Waals surface area contributed by atoms with E-state index in [-0.39, 0.29) is 6.04 Å². The minimum absolute atomic E-state index is 0.211. The van der Waals surface area contributed by atoms with Crippen molar-refractivity contribution >= 4 is 0 Å². The fourth-order valence-corrected chi connectivity index (χ4v) is 2.52. The first-order valence-electron chi connectivity index (χ1n) is 6.03. The van der Waals surface area contributed by atoms with Crippen molar-refractivity contribution in [2.24, 2.45) is 5.73 Å². The Bertz CT molecular complexity index is 489. The third kappa shape index (κ3) is 1.98. The normalized spacial score (nSPS) is 19.2. The van der Waals surface area contributed by atoms with Crippen LogP contribution in [-0.4, -0.2) is 14.7 Å². The summed E-state index contributed by atoms with van der Waals surface area (Å²) in [6.07, 6.45) is 7.73. The Morgan fingerprint density at radius 2 is 2.47 bits per heavy atom. The SMILES string of the molecule is NC1CCCc2c1ccn2CCc1ncno1. The molecule has 0 fully saturated rings. The lowest BCUT2D eigenvalue weighted by Crippen LogP contribution is -2.18. The molecule has 1 aliphatic carbocycles. The second kappa shape index (κ2) is 4.33. The van der Waals surface area contributed by atoms with Crippen LogP contribution < -0.4 is 5.73 Å². The molecule has 5 nitrogen and oxygen atoms in total. The van der Waals surface area contributed by atoms with E-state index in [1.807, 2.05) is 0 Å².